The van der Waals surface area contributed by atoms with Gasteiger partial charge in [-0.15, -0.1) is 0 Å². The Labute approximate surface area is 87.4 Å². The summed E-state index contributed by atoms with van der Waals surface area (Å²) in [5, 5.41) is 7.99. The van der Waals surface area contributed by atoms with Crippen molar-refractivity contribution in [2.75, 3.05) is 0 Å². The fourth-order valence-corrected chi connectivity index (χ4v) is 1.30. The van der Waals surface area contributed by atoms with Gasteiger partial charge in [-0.1, -0.05) is 12.1 Å². The summed E-state index contributed by atoms with van der Waals surface area (Å²) in [5.74, 6) is -0.864. The van der Waals surface area contributed by atoms with Crippen molar-refractivity contribution < 1.29 is 19.3 Å². The van der Waals surface area contributed by atoms with Gasteiger partial charge in [0.05, 0.1) is 0 Å². The summed E-state index contributed by atoms with van der Waals surface area (Å²) in [6, 6.07) is 6.27. The van der Waals surface area contributed by atoms with Crippen molar-refractivity contribution in [1.82, 2.24) is 0 Å². The van der Waals surface area contributed by atoms with Gasteiger partial charge in [0.25, 0.3) is 0 Å². The highest BCUT2D eigenvalue weighted by Gasteiger charge is 2.01. The molecule has 0 aliphatic heterocycles. The SMILES string of the molecule is O=C(CCCCc1ccc(F)cc1)OO. The topological polar surface area (TPSA) is 46.5 Å². The van der Waals surface area contributed by atoms with Crippen LogP contribution in [0, 0.1) is 5.82 Å². The Morgan fingerprint density at radius 3 is 2.53 bits per heavy atom. The van der Waals surface area contributed by atoms with Crippen LogP contribution in [0.15, 0.2) is 24.3 Å². The zero-order valence-corrected chi connectivity index (χ0v) is 8.28. The lowest BCUT2D eigenvalue weighted by atomic mass is 10.1. The summed E-state index contributed by atoms with van der Waals surface area (Å²) in [6.45, 7) is 0. The average molecular weight is 212 g/mol. The van der Waals surface area contributed by atoms with Gasteiger partial charge in [-0.25, -0.2) is 9.18 Å². The zero-order chi connectivity index (χ0) is 11.1. The molecule has 0 aliphatic rings. The Bertz CT molecular complexity index is 308. The van der Waals surface area contributed by atoms with E-state index in [-0.39, 0.29) is 12.2 Å². The Morgan fingerprint density at radius 1 is 1.27 bits per heavy atom. The summed E-state index contributed by atoms with van der Waals surface area (Å²) in [7, 11) is 0. The van der Waals surface area contributed by atoms with E-state index in [4.69, 9.17) is 5.26 Å². The van der Waals surface area contributed by atoms with Crippen LogP contribution in [0.25, 0.3) is 0 Å². The summed E-state index contributed by atoms with van der Waals surface area (Å²) in [6.07, 6.45) is 2.45. The third-order valence-electron chi connectivity index (χ3n) is 2.11. The number of hydrogen-bond donors (Lipinski definition) is 1. The van der Waals surface area contributed by atoms with Crippen molar-refractivity contribution in [1.29, 1.82) is 0 Å². The molecule has 1 aromatic rings. The minimum absolute atomic E-state index is 0.206. The molecular formula is C11H13FO3. The molecule has 0 aromatic heterocycles. The van der Waals surface area contributed by atoms with Crippen molar-refractivity contribution in [3.05, 3.63) is 35.6 Å². The van der Waals surface area contributed by atoms with Gasteiger partial charge < -0.3 is 4.89 Å². The summed E-state index contributed by atoms with van der Waals surface area (Å²) >= 11 is 0. The first kappa shape index (κ1) is 11.7. The van der Waals surface area contributed by atoms with E-state index in [0.29, 0.717) is 6.42 Å². The fourth-order valence-electron chi connectivity index (χ4n) is 1.30. The smallest absolute Gasteiger partial charge is 0.301 e. The Balaban J connectivity index is 2.20. The van der Waals surface area contributed by atoms with E-state index in [9.17, 15) is 9.18 Å². The Hall–Kier alpha value is -1.42. The molecule has 0 bridgehead atoms. The predicted octanol–water partition coefficient (Wildman–Crippen LogP) is 2.55. The van der Waals surface area contributed by atoms with Gasteiger partial charge in [-0.2, -0.15) is 5.26 Å². The Kier molecular flexibility index (Phi) is 4.77. The summed E-state index contributed by atoms with van der Waals surface area (Å²) < 4.78 is 12.5. The van der Waals surface area contributed by atoms with E-state index in [1.165, 1.54) is 12.1 Å². The van der Waals surface area contributed by atoms with E-state index >= 15 is 0 Å². The lowest BCUT2D eigenvalue weighted by Crippen LogP contribution is -2.00. The number of rotatable bonds is 5. The first-order valence-corrected chi connectivity index (χ1v) is 4.81. The number of unbranched alkanes of at least 4 members (excludes halogenated alkanes) is 1. The van der Waals surface area contributed by atoms with Crippen molar-refractivity contribution in [3.63, 3.8) is 0 Å². The van der Waals surface area contributed by atoms with E-state index in [1.54, 1.807) is 12.1 Å². The molecule has 0 radical (unpaired) electrons. The minimum atomic E-state index is -0.617. The normalized spacial score (nSPS) is 10.0. The summed E-state index contributed by atoms with van der Waals surface area (Å²) in [5.41, 5.74) is 1.04. The zero-order valence-electron chi connectivity index (χ0n) is 8.28. The summed E-state index contributed by atoms with van der Waals surface area (Å²) in [4.78, 5) is 14.1. The molecule has 0 aliphatic carbocycles. The molecule has 3 nitrogen and oxygen atoms in total. The average Bonchev–Trinajstić information content (AvgIpc) is 2.26. The largest absolute Gasteiger partial charge is 0.342 e. The first-order chi connectivity index (χ1) is 7.22. The number of benzene rings is 1. The number of carbonyl (C=O) groups excluding carboxylic acids is 1. The third kappa shape index (κ3) is 4.56. The molecule has 0 atom stereocenters. The second kappa shape index (κ2) is 6.14. The van der Waals surface area contributed by atoms with E-state index in [1.807, 2.05) is 0 Å². The molecule has 1 aromatic carbocycles. The van der Waals surface area contributed by atoms with Gasteiger partial charge in [0.15, 0.2) is 0 Å². The fraction of sp³-hybridized carbons (Fsp3) is 0.364. The maximum atomic E-state index is 12.5. The van der Waals surface area contributed by atoms with Crippen LogP contribution in [0.4, 0.5) is 4.39 Å². The van der Waals surface area contributed by atoms with Gasteiger partial charge in [-0.05, 0) is 37.0 Å². The molecular weight excluding hydrogens is 199 g/mol. The Morgan fingerprint density at radius 2 is 1.93 bits per heavy atom. The van der Waals surface area contributed by atoms with Gasteiger partial charge >= 0.3 is 5.97 Å². The van der Waals surface area contributed by atoms with Crippen LogP contribution in [-0.4, -0.2) is 11.2 Å². The quantitative estimate of drug-likeness (QED) is 0.463. The third-order valence-corrected chi connectivity index (χ3v) is 2.11. The molecule has 0 saturated carbocycles. The van der Waals surface area contributed by atoms with Crippen molar-refractivity contribution in [2.45, 2.75) is 25.7 Å². The molecule has 1 rings (SSSR count). The molecule has 4 heteroatoms. The number of aryl methyl sites for hydroxylation is 1. The molecule has 1 N–H and O–H groups in total. The second-order valence-corrected chi connectivity index (χ2v) is 3.30. The van der Waals surface area contributed by atoms with Crippen molar-refractivity contribution >= 4 is 5.97 Å². The second-order valence-electron chi connectivity index (χ2n) is 3.30. The maximum Gasteiger partial charge on any atom is 0.342 e. The van der Waals surface area contributed by atoms with E-state index in [2.05, 4.69) is 4.89 Å². The molecule has 0 heterocycles. The van der Waals surface area contributed by atoms with Crippen LogP contribution in [0.1, 0.15) is 24.8 Å². The molecule has 82 valence electrons. The maximum absolute atomic E-state index is 12.5. The molecule has 15 heavy (non-hydrogen) atoms. The van der Waals surface area contributed by atoms with Gasteiger partial charge in [0.1, 0.15) is 5.82 Å². The molecule has 0 saturated heterocycles. The molecule has 0 spiro atoms. The highest BCUT2D eigenvalue weighted by molar-refractivity contribution is 5.68. The van der Waals surface area contributed by atoms with E-state index < -0.39 is 5.97 Å². The number of halogens is 1. The number of hydrogen-bond acceptors (Lipinski definition) is 3. The standard InChI is InChI=1S/C11H13FO3/c12-10-7-5-9(6-8-10)3-1-2-4-11(13)15-14/h5-8,14H,1-4H2. The van der Waals surface area contributed by atoms with Crippen molar-refractivity contribution in [3.8, 4) is 0 Å². The predicted molar refractivity (Wildman–Crippen MR) is 52.7 cm³/mol. The lowest BCUT2D eigenvalue weighted by Gasteiger charge is -2.00. The number of carbonyl (C=O) groups is 1. The van der Waals surface area contributed by atoms with Gasteiger partial charge in [-0.3, -0.25) is 0 Å². The first-order valence-electron chi connectivity index (χ1n) is 4.81. The van der Waals surface area contributed by atoms with Crippen LogP contribution < -0.4 is 0 Å². The van der Waals surface area contributed by atoms with Crippen LogP contribution in [0.5, 0.6) is 0 Å². The molecule has 0 unspecified atom stereocenters. The van der Waals surface area contributed by atoms with Crippen LogP contribution in [0.2, 0.25) is 0 Å². The van der Waals surface area contributed by atoms with Gasteiger partial charge in [0.2, 0.25) is 0 Å². The van der Waals surface area contributed by atoms with Gasteiger partial charge in [0, 0.05) is 6.42 Å². The molecule has 0 fully saturated rings. The lowest BCUT2D eigenvalue weighted by molar-refractivity contribution is -0.234. The van der Waals surface area contributed by atoms with E-state index in [0.717, 1.165) is 18.4 Å². The monoisotopic (exact) mass is 212 g/mol. The molecule has 0 amide bonds. The highest BCUT2D eigenvalue weighted by Crippen LogP contribution is 2.08. The van der Waals surface area contributed by atoms with Crippen molar-refractivity contribution in [2.24, 2.45) is 0 Å². The van der Waals surface area contributed by atoms with Crippen LogP contribution in [0.3, 0.4) is 0 Å². The highest BCUT2D eigenvalue weighted by atomic mass is 19.1. The van der Waals surface area contributed by atoms with Crippen LogP contribution >= 0.6 is 0 Å². The van der Waals surface area contributed by atoms with Crippen LogP contribution in [-0.2, 0) is 16.1 Å². The minimum Gasteiger partial charge on any atom is -0.301 e.